The fraction of sp³-hybridized carbons (Fsp3) is 0.917. The Bertz CT molecular complexity index is 240. The van der Waals surface area contributed by atoms with Crippen molar-refractivity contribution in [3.63, 3.8) is 0 Å². The van der Waals surface area contributed by atoms with Crippen LogP contribution in [0.15, 0.2) is 0 Å². The van der Waals surface area contributed by atoms with E-state index < -0.39 is 6.17 Å². The Morgan fingerprint density at radius 3 is 1.93 bits per heavy atom. The van der Waals surface area contributed by atoms with Gasteiger partial charge in [-0.05, 0) is 23.7 Å². The van der Waals surface area contributed by atoms with Crippen molar-refractivity contribution in [2.75, 3.05) is 0 Å². The van der Waals surface area contributed by atoms with Crippen molar-refractivity contribution < 1.29 is 4.79 Å². The number of ketones is 1. The standard InChI is InChI=1S/C12H24N2O/c1-11(2)5-6-12(3,4)10(11)8(15)7-9(13)14/h9-10H,5-7,13-14H2,1-4H3. The van der Waals surface area contributed by atoms with Gasteiger partial charge in [0.2, 0.25) is 0 Å². The molecular formula is C12H24N2O. The second-order valence-corrected chi connectivity index (χ2v) is 6.24. The zero-order chi connectivity index (χ0) is 11.9. The lowest BCUT2D eigenvalue weighted by Gasteiger charge is -2.34. The second-order valence-electron chi connectivity index (χ2n) is 6.24. The molecule has 1 aliphatic rings. The van der Waals surface area contributed by atoms with Crippen LogP contribution in [0.5, 0.6) is 0 Å². The number of nitrogens with two attached hydrogens (primary N) is 2. The van der Waals surface area contributed by atoms with Crippen molar-refractivity contribution in [1.82, 2.24) is 0 Å². The van der Waals surface area contributed by atoms with Crippen LogP contribution in [0.4, 0.5) is 0 Å². The van der Waals surface area contributed by atoms with Gasteiger partial charge in [0.15, 0.2) is 0 Å². The van der Waals surface area contributed by atoms with Gasteiger partial charge in [-0.1, -0.05) is 27.7 Å². The van der Waals surface area contributed by atoms with Gasteiger partial charge in [-0.25, -0.2) is 0 Å². The smallest absolute Gasteiger partial charge is 0.139 e. The average molecular weight is 212 g/mol. The molecule has 0 saturated heterocycles. The molecule has 1 rings (SSSR count). The van der Waals surface area contributed by atoms with Gasteiger partial charge >= 0.3 is 0 Å². The Morgan fingerprint density at radius 1 is 1.20 bits per heavy atom. The van der Waals surface area contributed by atoms with E-state index in [1.54, 1.807) is 0 Å². The molecule has 0 amide bonds. The van der Waals surface area contributed by atoms with Crippen molar-refractivity contribution in [3.05, 3.63) is 0 Å². The number of carbonyl (C=O) groups is 1. The molecule has 1 fully saturated rings. The zero-order valence-corrected chi connectivity index (χ0v) is 10.3. The molecule has 0 aromatic rings. The molecule has 0 heterocycles. The van der Waals surface area contributed by atoms with Crippen LogP contribution >= 0.6 is 0 Å². The molecule has 4 N–H and O–H groups in total. The molecule has 3 heteroatoms. The Hall–Kier alpha value is -0.410. The number of carbonyl (C=O) groups excluding carboxylic acids is 1. The SMILES string of the molecule is CC1(C)CCC(C)(C)C1C(=O)CC(N)N. The number of hydrogen-bond acceptors (Lipinski definition) is 3. The van der Waals surface area contributed by atoms with E-state index in [-0.39, 0.29) is 22.5 Å². The van der Waals surface area contributed by atoms with E-state index in [1.165, 1.54) is 0 Å². The molecule has 0 atom stereocenters. The van der Waals surface area contributed by atoms with E-state index >= 15 is 0 Å². The molecule has 15 heavy (non-hydrogen) atoms. The lowest BCUT2D eigenvalue weighted by Crippen LogP contribution is -2.40. The summed E-state index contributed by atoms with van der Waals surface area (Å²) >= 11 is 0. The topological polar surface area (TPSA) is 69.1 Å². The minimum Gasteiger partial charge on any atom is -0.316 e. The van der Waals surface area contributed by atoms with Crippen LogP contribution in [-0.2, 0) is 4.79 Å². The first-order chi connectivity index (χ1) is 6.67. The first-order valence-corrected chi connectivity index (χ1v) is 5.71. The van der Waals surface area contributed by atoms with Gasteiger partial charge < -0.3 is 11.5 Å². The number of rotatable bonds is 3. The number of hydrogen-bond donors (Lipinski definition) is 2. The summed E-state index contributed by atoms with van der Waals surface area (Å²) in [6, 6.07) is 0. The van der Waals surface area contributed by atoms with Gasteiger partial charge in [0, 0.05) is 12.3 Å². The minimum absolute atomic E-state index is 0.0927. The van der Waals surface area contributed by atoms with E-state index in [9.17, 15) is 4.79 Å². The van der Waals surface area contributed by atoms with Crippen LogP contribution in [0, 0.1) is 16.7 Å². The molecule has 0 radical (unpaired) electrons. The summed E-state index contributed by atoms with van der Waals surface area (Å²) in [6.07, 6.45) is 2.01. The van der Waals surface area contributed by atoms with Crippen LogP contribution in [0.25, 0.3) is 0 Å². The minimum atomic E-state index is -0.510. The highest BCUT2D eigenvalue weighted by Gasteiger charge is 2.50. The maximum absolute atomic E-state index is 12.1. The third-order valence-electron chi connectivity index (χ3n) is 3.74. The van der Waals surface area contributed by atoms with Crippen LogP contribution in [0.2, 0.25) is 0 Å². The van der Waals surface area contributed by atoms with Crippen LogP contribution < -0.4 is 11.5 Å². The first kappa shape index (κ1) is 12.7. The summed E-state index contributed by atoms with van der Waals surface area (Å²) in [5, 5.41) is 0. The summed E-state index contributed by atoms with van der Waals surface area (Å²) in [5.41, 5.74) is 11.2. The van der Waals surface area contributed by atoms with Crippen LogP contribution in [0.3, 0.4) is 0 Å². The molecular weight excluding hydrogens is 188 g/mol. The largest absolute Gasteiger partial charge is 0.316 e. The van der Waals surface area contributed by atoms with Gasteiger partial charge in [-0.2, -0.15) is 0 Å². The van der Waals surface area contributed by atoms with Crippen molar-refractivity contribution in [1.29, 1.82) is 0 Å². The van der Waals surface area contributed by atoms with Crippen molar-refractivity contribution in [2.24, 2.45) is 28.2 Å². The molecule has 1 aliphatic carbocycles. The van der Waals surface area contributed by atoms with Gasteiger partial charge in [-0.15, -0.1) is 0 Å². The summed E-state index contributed by atoms with van der Waals surface area (Å²) < 4.78 is 0. The molecule has 88 valence electrons. The van der Waals surface area contributed by atoms with Crippen LogP contribution in [0.1, 0.15) is 47.0 Å². The van der Waals surface area contributed by atoms with E-state index in [0.29, 0.717) is 6.42 Å². The molecule has 0 bridgehead atoms. The molecule has 0 unspecified atom stereocenters. The number of Topliss-reactive ketones (excluding diaryl/α,β-unsaturated/α-hetero) is 1. The highest BCUT2D eigenvalue weighted by Crippen LogP contribution is 2.54. The first-order valence-electron chi connectivity index (χ1n) is 5.71. The lowest BCUT2D eigenvalue weighted by molar-refractivity contribution is -0.129. The summed E-state index contributed by atoms with van der Waals surface area (Å²) in [7, 11) is 0. The molecule has 1 saturated carbocycles. The highest BCUT2D eigenvalue weighted by atomic mass is 16.1. The quantitative estimate of drug-likeness (QED) is 0.699. The summed E-state index contributed by atoms with van der Waals surface area (Å²) in [4.78, 5) is 12.1. The van der Waals surface area contributed by atoms with E-state index in [4.69, 9.17) is 11.5 Å². The predicted molar refractivity (Wildman–Crippen MR) is 62.1 cm³/mol. The third kappa shape index (κ3) is 2.58. The normalized spacial score (nSPS) is 24.7. The summed E-state index contributed by atoms with van der Waals surface area (Å²) in [6.45, 7) is 8.69. The van der Waals surface area contributed by atoms with Gasteiger partial charge in [-0.3, -0.25) is 4.79 Å². The van der Waals surface area contributed by atoms with Crippen LogP contribution in [-0.4, -0.2) is 11.9 Å². The second kappa shape index (κ2) is 3.87. The van der Waals surface area contributed by atoms with Gasteiger partial charge in [0.1, 0.15) is 5.78 Å². The zero-order valence-electron chi connectivity index (χ0n) is 10.3. The maximum Gasteiger partial charge on any atom is 0.139 e. The Kier molecular flexibility index (Phi) is 3.27. The third-order valence-corrected chi connectivity index (χ3v) is 3.74. The van der Waals surface area contributed by atoms with Gasteiger partial charge in [0.25, 0.3) is 0 Å². The Balaban J connectivity index is 2.85. The van der Waals surface area contributed by atoms with Gasteiger partial charge in [0.05, 0.1) is 6.17 Å². The Labute approximate surface area is 92.6 Å². The lowest BCUT2D eigenvalue weighted by atomic mass is 9.69. The van der Waals surface area contributed by atoms with Crippen molar-refractivity contribution >= 4 is 5.78 Å². The van der Waals surface area contributed by atoms with Crippen molar-refractivity contribution in [3.8, 4) is 0 Å². The molecule has 0 aromatic heterocycles. The molecule has 0 spiro atoms. The van der Waals surface area contributed by atoms with E-state index in [0.717, 1.165) is 12.8 Å². The summed E-state index contributed by atoms with van der Waals surface area (Å²) in [5.74, 6) is 0.331. The average Bonchev–Trinajstić information content (AvgIpc) is 2.18. The Morgan fingerprint density at radius 2 is 1.60 bits per heavy atom. The fourth-order valence-corrected chi connectivity index (χ4v) is 3.21. The van der Waals surface area contributed by atoms with Crippen molar-refractivity contribution in [2.45, 2.75) is 53.1 Å². The van der Waals surface area contributed by atoms with E-state index in [1.807, 2.05) is 0 Å². The van der Waals surface area contributed by atoms with E-state index in [2.05, 4.69) is 27.7 Å². The molecule has 3 nitrogen and oxygen atoms in total. The molecule has 0 aromatic carbocycles. The monoisotopic (exact) mass is 212 g/mol. The molecule has 0 aliphatic heterocycles. The maximum atomic E-state index is 12.1. The highest BCUT2D eigenvalue weighted by molar-refractivity contribution is 5.83. The predicted octanol–water partition coefficient (Wildman–Crippen LogP) is 1.65. The fourth-order valence-electron chi connectivity index (χ4n) is 3.21.